The molecule has 8 nitrogen and oxygen atoms in total. The van der Waals surface area contributed by atoms with E-state index in [2.05, 4.69) is 9.60 Å². The van der Waals surface area contributed by atoms with E-state index in [4.69, 9.17) is 0 Å². The number of carbonyl (C=O) groups is 1. The number of rotatable bonds is 2. The largest absolute Gasteiger partial charge is 0.724 e. The summed E-state index contributed by atoms with van der Waals surface area (Å²) in [4.78, 5) is 13.6. The van der Waals surface area contributed by atoms with Gasteiger partial charge in [-0.25, -0.2) is 13.2 Å². The number of carbonyl (C=O) groups excluding carboxylic acids is 1. The Morgan fingerprint density at radius 1 is 1.44 bits per heavy atom. The van der Waals surface area contributed by atoms with Gasteiger partial charge in [-0.3, -0.25) is 0 Å². The van der Waals surface area contributed by atoms with Crippen LogP contribution in [0.3, 0.4) is 0 Å². The molecule has 0 aromatic rings. The minimum absolute atomic E-state index is 0.0745. The van der Waals surface area contributed by atoms with Crippen LogP contribution in [-0.4, -0.2) is 60.7 Å². The molecule has 3 aliphatic rings. The summed E-state index contributed by atoms with van der Waals surface area (Å²) < 4.78 is 36.2. The van der Waals surface area contributed by atoms with Crippen LogP contribution >= 0.6 is 0 Å². The van der Waals surface area contributed by atoms with Gasteiger partial charge >= 0.3 is 6.03 Å². The zero-order valence-corrected chi connectivity index (χ0v) is 10.4. The summed E-state index contributed by atoms with van der Waals surface area (Å²) in [6, 6.07) is -0.776. The summed E-state index contributed by atoms with van der Waals surface area (Å²) >= 11 is 0. The van der Waals surface area contributed by atoms with Crippen molar-refractivity contribution in [2.24, 2.45) is 5.92 Å². The number of nitrogens with one attached hydrogen (secondary N) is 1. The van der Waals surface area contributed by atoms with E-state index in [-0.39, 0.29) is 12.1 Å². The third-order valence-electron chi connectivity index (χ3n) is 3.91. The number of urea groups is 1. The van der Waals surface area contributed by atoms with Gasteiger partial charge in [0.15, 0.2) is 0 Å². The van der Waals surface area contributed by atoms with Crippen LogP contribution in [0.1, 0.15) is 12.8 Å². The molecule has 18 heavy (non-hydrogen) atoms. The predicted molar refractivity (Wildman–Crippen MR) is 57.9 cm³/mol. The maximum absolute atomic E-state index is 12.0. The summed E-state index contributed by atoms with van der Waals surface area (Å²) in [7, 11) is -4.90. The molecule has 2 amide bonds. The molecule has 3 aliphatic heterocycles. The first-order valence-electron chi connectivity index (χ1n) is 5.91. The second-order valence-electron chi connectivity index (χ2n) is 4.95. The Kier molecular flexibility index (Phi) is 2.73. The zero-order chi connectivity index (χ0) is 12.9. The molecule has 0 aromatic heterocycles. The van der Waals surface area contributed by atoms with Crippen LogP contribution in [0.2, 0.25) is 0 Å². The number of hydrogen-bond donors (Lipinski definition) is 1. The highest BCUT2D eigenvalue weighted by atomic mass is 32.3. The Balaban J connectivity index is 1.83. The van der Waals surface area contributed by atoms with E-state index in [1.165, 1.54) is 0 Å². The molecule has 3 heterocycles. The average Bonchev–Trinajstić information content (AvgIpc) is 2.54. The molecule has 3 saturated heterocycles. The minimum Gasteiger partial charge on any atom is -0.724 e. The van der Waals surface area contributed by atoms with E-state index < -0.39 is 16.4 Å². The predicted octanol–water partition coefficient (Wildman–Crippen LogP) is -1.13. The van der Waals surface area contributed by atoms with Crippen LogP contribution in [-0.2, 0) is 14.7 Å². The SMILES string of the molecule is O=C1N2C[C@@H](C[C@H]3CCNC[C@H]32)N1OS(=O)(=O)[O-]. The monoisotopic (exact) mass is 276 g/mol. The topological polar surface area (TPSA) is 102 Å². The molecule has 0 spiro atoms. The molecule has 2 bridgehead atoms. The molecular weight excluding hydrogens is 262 g/mol. The Labute approximate surface area is 105 Å². The van der Waals surface area contributed by atoms with Crippen molar-refractivity contribution in [3.8, 4) is 0 Å². The molecule has 0 radical (unpaired) electrons. The maximum atomic E-state index is 12.0. The Hall–Kier alpha value is -0.900. The number of fused-ring (bicyclic) bond motifs is 4. The second kappa shape index (κ2) is 4.05. The molecule has 3 atom stereocenters. The van der Waals surface area contributed by atoms with E-state index in [0.717, 1.165) is 18.0 Å². The second-order valence-corrected chi connectivity index (χ2v) is 5.92. The molecule has 102 valence electrons. The number of nitrogens with zero attached hydrogens (tertiary/aromatic N) is 2. The van der Waals surface area contributed by atoms with Crippen LogP contribution in [0, 0.1) is 5.92 Å². The van der Waals surface area contributed by atoms with Gasteiger partial charge in [-0.05, 0) is 25.3 Å². The summed E-state index contributed by atoms with van der Waals surface area (Å²) in [6.07, 6.45) is 1.63. The van der Waals surface area contributed by atoms with Crippen molar-refractivity contribution in [2.45, 2.75) is 24.9 Å². The third-order valence-corrected chi connectivity index (χ3v) is 4.25. The van der Waals surface area contributed by atoms with Crippen LogP contribution in [0.25, 0.3) is 0 Å². The molecule has 0 saturated carbocycles. The van der Waals surface area contributed by atoms with Gasteiger partial charge in [0.25, 0.3) is 0 Å². The molecule has 0 aromatic carbocycles. The van der Waals surface area contributed by atoms with Crippen molar-refractivity contribution in [1.82, 2.24) is 15.3 Å². The molecule has 3 rings (SSSR count). The van der Waals surface area contributed by atoms with E-state index in [9.17, 15) is 17.8 Å². The lowest BCUT2D eigenvalue weighted by molar-refractivity contribution is -0.0369. The van der Waals surface area contributed by atoms with Crippen LogP contribution in [0.5, 0.6) is 0 Å². The summed E-state index contributed by atoms with van der Waals surface area (Å²) in [5.41, 5.74) is 0. The van der Waals surface area contributed by atoms with E-state index in [1.54, 1.807) is 4.90 Å². The molecule has 1 N–H and O–H groups in total. The van der Waals surface area contributed by atoms with Gasteiger partial charge in [-0.1, -0.05) is 0 Å². The van der Waals surface area contributed by atoms with Gasteiger partial charge in [0.1, 0.15) is 0 Å². The van der Waals surface area contributed by atoms with Gasteiger partial charge in [0.2, 0.25) is 10.4 Å². The normalized spacial score (nSPS) is 35.8. The van der Waals surface area contributed by atoms with Gasteiger partial charge in [-0.2, -0.15) is 9.35 Å². The van der Waals surface area contributed by atoms with Crippen molar-refractivity contribution >= 4 is 16.4 Å². The smallest absolute Gasteiger partial charge is 0.345 e. The van der Waals surface area contributed by atoms with Crippen molar-refractivity contribution in [2.75, 3.05) is 19.6 Å². The third kappa shape index (κ3) is 1.96. The van der Waals surface area contributed by atoms with Gasteiger partial charge in [0, 0.05) is 19.1 Å². The molecular formula is C9H14N3O5S-. The molecule has 0 unspecified atom stereocenters. The lowest BCUT2D eigenvalue weighted by Gasteiger charge is -2.40. The number of amides is 2. The number of hydroxylamine groups is 2. The van der Waals surface area contributed by atoms with E-state index >= 15 is 0 Å². The summed E-state index contributed by atoms with van der Waals surface area (Å²) in [5, 5.41) is 3.95. The van der Waals surface area contributed by atoms with Crippen LogP contribution in [0.15, 0.2) is 0 Å². The average molecular weight is 276 g/mol. The lowest BCUT2D eigenvalue weighted by atomic mass is 9.83. The van der Waals surface area contributed by atoms with Gasteiger partial charge in [-0.15, -0.1) is 0 Å². The number of hydrogen-bond acceptors (Lipinski definition) is 6. The van der Waals surface area contributed by atoms with Crippen LogP contribution < -0.4 is 5.32 Å². The first-order chi connectivity index (χ1) is 8.46. The van der Waals surface area contributed by atoms with Crippen molar-refractivity contribution in [3.63, 3.8) is 0 Å². The van der Waals surface area contributed by atoms with Gasteiger partial charge < -0.3 is 14.8 Å². The highest BCUT2D eigenvalue weighted by Gasteiger charge is 2.50. The Bertz CT molecular complexity index is 467. The lowest BCUT2D eigenvalue weighted by Crippen LogP contribution is -2.54. The van der Waals surface area contributed by atoms with Crippen molar-refractivity contribution in [3.05, 3.63) is 0 Å². The standard InChI is InChI=1S/C9H15N3O5S/c13-9-11-5-7(12(9)17-18(14,15)16)3-6-1-2-10-4-8(6)11/h6-8,10H,1-5H2,(H,14,15,16)/p-1/t6-,7-,8-/m1/s1. The molecule has 3 fully saturated rings. The summed E-state index contributed by atoms with van der Waals surface area (Å²) in [5.74, 6) is 0.344. The number of piperidine rings is 2. The Morgan fingerprint density at radius 3 is 2.94 bits per heavy atom. The zero-order valence-electron chi connectivity index (χ0n) is 9.61. The van der Waals surface area contributed by atoms with Crippen LogP contribution in [0.4, 0.5) is 4.79 Å². The highest BCUT2D eigenvalue weighted by molar-refractivity contribution is 7.80. The maximum Gasteiger partial charge on any atom is 0.345 e. The first kappa shape index (κ1) is 12.2. The quantitative estimate of drug-likeness (QED) is 0.505. The van der Waals surface area contributed by atoms with Crippen molar-refractivity contribution < 1.29 is 22.0 Å². The molecule has 0 aliphatic carbocycles. The molecule has 9 heteroatoms. The summed E-state index contributed by atoms with van der Waals surface area (Å²) in [6.45, 7) is 2.04. The van der Waals surface area contributed by atoms with Gasteiger partial charge in [0.05, 0.1) is 6.04 Å². The first-order valence-corrected chi connectivity index (χ1v) is 7.25. The fourth-order valence-corrected chi connectivity index (χ4v) is 3.57. The van der Waals surface area contributed by atoms with E-state index in [1.807, 2.05) is 0 Å². The van der Waals surface area contributed by atoms with Crippen molar-refractivity contribution in [1.29, 1.82) is 0 Å². The highest BCUT2D eigenvalue weighted by Crippen LogP contribution is 2.36. The fourth-order valence-electron chi connectivity index (χ4n) is 3.19. The van der Waals surface area contributed by atoms with E-state index in [0.29, 0.717) is 25.4 Å². The fraction of sp³-hybridized carbons (Fsp3) is 0.889. The minimum atomic E-state index is -4.90. The Morgan fingerprint density at radius 2 is 2.22 bits per heavy atom.